The molecule has 3 aromatic carbocycles. The Morgan fingerprint density at radius 3 is 2.23 bits per heavy atom. The molecule has 35 heavy (non-hydrogen) atoms. The fourth-order valence-corrected chi connectivity index (χ4v) is 5.43. The topological polar surface area (TPSA) is 76.4 Å². The summed E-state index contributed by atoms with van der Waals surface area (Å²) in [4.78, 5) is 5.08. The molecule has 1 aliphatic carbocycles. The molecule has 0 atom stereocenters. The predicted molar refractivity (Wildman–Crippen MR) is 140 cm³/mol. The van der Waals surface area contributed by atoms with Gasteiger partial charge in [0.15, 0.2) is 5.65 Å². The SMILES string of the molecule is Cc1ccccc1-c1cc2nc(-c3ccc([C@]4(N)C[C@](C)(O)C4)cc3)c(-c3ccccc3)cn2n1. The van der Waals surface area contributed by atoms with Crippen LogP contribution < -0.4 is 5.73 Å². The molecule has 5 nitrogen and oxygen atoms in total. The minimum atomic E-state index is -0.683. The molecule has 0 spiro atoms. The van der Waals surface area contributed by atoms with Crippen LogP contribution in [0.3, 0.4) is 0 Å². The third-order valence-electron chi connectivity index (χ3n) is 7.08. The third kappa shape index (κ3) is 3.83. The number of benzene rings is 3. The Morgan fingerprint density at radius 1 is 0.857 bits per heavy atom. The lowest BCUT2D eigenvalue weighted by atomic mass is 9.63. The van der Waals surface area contributed by atoms with Gasteiger partial charge in [0.25, 0.3) is 0 Å². The maximum Gasteiger partial charge on any atom is 0.156 e. The van der Waals surface area contributed by atoms with Gasteiger partial charge < -0.3 is 10.8 Å². The Labute approximate surface area is 204 Å². The minimum absolute atomic E-state index is 0.477. The highest BCUT2D eigenvalue weighted by molar-refractivity contribution is 5.82. The average molecular weight is 461 g/mol. The summed E-state index contributed by atoms with van der Waals surface area (Å²) in [5.74, 6) is 0. The number of aromatic nitrogens is 3. The Kier molecular flexibility index (Phi) is 4.88. The first kappa shape index (κ1) is 21.7. The van der Waals surface area contributed by atoms with Gasteiger partial charge in [0, 0.05) is 34.5 Å². The van der Waals surface area contributed by atoms with E-state index in [2.05, 4.69) is 61.7 Å². The molecular formula is C30H28N4O. The summed E-state index contributed by atoms with van der Waals surface area (Å²) < 4.78 is 1.87. The van der Waals surface area contributed by atoms with Crippen LogP contribution in [0.15, 0.2) is 91.1 Å². The summed E-state index contributed by atoms with van der Waals surface area (Å²) in [6.07, 6.45) is 3.20. The van der Waals surface area contributed by atoms with Crippen LogP contribution in [-0.2, 0) is 5.54 Å². The fraction of sp³-hybridized carbons (Fsp3) is 0.200. The first-order valence-electron chi connectivity index (χ1n) is 12.0. The summed E-state index contributed by atoms with van der Waals surface area (Å²) in [6, 6.07) is 28.9. The molecule has 0 saturated heterocycles. The Hall–Kier alpha value is -3.80. The van der Waals surface area contributed by atoms with E-state index in [-0.39, 0.29) is 0 Å². The molecule has 2 aromatic heterocycles. The lowest BCUT2D eigenvalue weighted by molar-refractivity contribution is -0.0738. The fourth-order valence-electron chi connectivity index (χ4n) is 5.43. The number of aliphatic hydroxyl groups is 1. The van der Waals surface area contributed by atoms with E-state index in [9.17, 15) is 5.11 Å². The van der Waals surface area contributed by atoms with Crippen LogP contribution >= 0.6 is 0 Å². The molecule has 1 saturated carbocycles. The first-order valence-corrected chi connectivity index (χ1v) is 12.0. The lowest BCUT2D eigenvalue weighted by Crippen LogP contribution is -2.58. The van der Waals surface area contributed by atoms with Crippen LogP contribution in [0.2, 0.25) is 0 Å². The monoisotopic (exact) mass is 460 g/mol. The van der Waals surface area contributed by atoms with Crippen molar-refractivity contribution in [1.82, 2.24) is 14.6 Å². The molecule has 1 fully saturated rings. The van der Waals surface area contributed by atoms with Gasteiger partial charge in [-0.3, -0.25) is 0 Å². The van der Waals surface area contributed by atoms with Gasteiger partial charge >= 0.3 is 0 Å². The van der Waals surface area contributed by atoms with Gasteiger partial charge in [-0.15, -0.1) is 0 Å². The molecule has 174 valence electrons. The molecule has 6 rings (SSSR count). The Balaban J connectivity index is 1.47. The number of nitrogens with two attached hydrogens (primary N) is 1. The molecule has 0 amide bonds. The standard InChI is InChI=1S/C30H28N4O/c1-20-8-6-7-11-24(20)26-16-27-32-28(25(17-34(27)33-26)21-9-4-3-5-10-21)22-12-14-23(15-13-22)30(31)18-29(2,35)19-30/h3-17,35H,18-19,31H2,1-2H3/t29-,30-. The highest BCUT2D eigenvalue weighted by atomic mass is 16.3. The van der Waals surface area contributed by atoms with E-state index in [4.69, 9.17) is 15.8 Å². The minimum Gasteiger partial charge on any atom is -0.390 e. The molecule has 3 N–H and O–H groups in total. The second-order valence-corrected chi connectivity index (χ2v) is 10.1. The lowest BCUT2D eigenvalue weighted by Gasteiger charge is -2.49. The van der Waals surface area contributed by atoms with Crippen molar-refractivity contribution >= 4 is 5.65 Å². The summed E-state index contributed by atoms with van der Waals surface area (Å²) in [5.41, 5.74) is 14.5. The van der Waals surface area contributed by atoms with E-state index < -0.39 is 11.1 Å². The van der Waals surface area contributed by atoms with Gasteiger partial charge in [0.2, 0.25) is 0 Å². The molecule has 5 heteroatoms. The highest BCUT2D eigenvalue weighted by Crippen LogP contribution is 2.46. The maximum absolute atomic E-state index is 10.2. The highest BCUT2D eigenvalue weighted by Gasteiger charge is 2.49. The largest absolute Gasteiger partial charge is 0.390 e. The van der Waals surface area contributed by atoms with Crippen molar-refractivity contribution in [3.8, 4) is 33.6 Å². The molecular weight excluding hydrogens is 432 g/mol. The van der Waals surface area contributed by atoms with Crippen molar-refractivity contribution < 1.29 is 5.11 Å². The summed E-state index contributed by atoms with van der Waals surface area (Å²) >= 11 is 0. The zero-order valence-electron chi connectivity index (χ0n) is 19.9. The zero-order valence-corrected chi connectivity index (χ0v) is 19.9. The predicted octanol–water partition coefficient (Wildman–Crippen LogP) is 5.74. The van der Waals surface area contributed by atoms with Crippen molar-refractivity contribution in [3.63, 3.8) is 0 Å². The van der Waals surface area contributed by atoms with Crippen LogP contribution in [0, 0.1) is 6.92 Å². The normalized spacial score (nSPS) is 21.7. The molecule has 0 unspecified atom stereocenters. The van der Waals surface area contributed by atoms with Gasteiger partial charge in [-0.25, -0.2) is 9.50 Å². The van der Waals surface area contributed by atoms with E-state index in [1.165, 1.54) is 5.56 Å². The number of rotatable bonds is 4. The molecule has 2 heterocycles. The second kappa shape index (κ2) is 7.87. The van der Waals surface area contributed by atoms with Crippen LogP contribution in [0.4, 0.5) is 0 Å². The van der Waals surface area contributed by atoms with Crippen LogP contribution in [0.1, 0.15) is 30.9 Å². The number of aryl methyl sites for hydroxylation is 1. The van der Waals surface area contributed by atoms with E-state index >= 15 is 0 Å². The van der Waals surface area contributed by atoms with Gasteiger partial charge in [0.05, 0.1) is 17.0 Å². The van der Waals surface area contributed by atoms with Crippen molar-refractivity contribution in [2.75, 3.05) is 0 Å². The smallest absolute Gasteiger partial charge is 0.156 e. The molecule has 0 aliphatic heterocycles. The van der Waals surface area contributed by atoms with E-state index in [1.807, 2.05) is 47.8 Å². The van der Waals surface area contributed by atoms with E-state index in [0.717, 1.165) is 44.9 Å². The van der Waals surface area contributed by atoms with Gasteiger partial charge in [-0.2, -0.15) is 5.10 Å². The number of hydrogen-bond acceptors (Lipinski definition) is 4. The molecule has 0 radical (unpaired) electrons. The summed E-state index contributed by atoms with van der Waals surface area (Å²) in [6.45, 7) is 3.94. The van der Waals surface area contributed by atoms with Crippen LogP contribution in [0.5, 0.6) is 0 Å². The maximum atomic E-state index is 10.2. The first-order chi connectivity index (χ1) is 16.8. The van der Waals surface area contributed by atoms with Crippen molar-refractivity contribution in [2.45, 2.75) is 37.8 Å². The van der Waals surface area contributed by atoms with Gasteiger partial charge in [-0.05, 0) is 43.4 Å². The van der Waals surface area contributed by atoms with Crippen LogP contribution in [-0.4, -0.2) is 25.3 Å². The van der Waals surface area contributed by atoms with Crippen molar-refractivity contribution in [1.29, 1.82) is 0 Å². The van der Waals surface area contributed by atoms with Gasteiger partial charge in [-0.1, -0.05) is 78.9 Å². The Morgan fingerprint density at radius 2 is 1.54 bits per heavy atom. The van der Waals surface area contributed by atoms with Crippen LogP contribution in [0.25, 0.3) is 39.3 Å². The van der Waals surface area contributed by atoms with Crippen molar-refractivity contribution in [3.05, 3.63) is 102 Å². The van der Waals surface area contributed by atoms with Gasteiger partial charge in [0.1, 0.15) is 0 Å². The van der Waals surface area contributed by atoms with E-state index in [1.54, 1.807) is 0 Å². The molecule has 5 aromatic rings. The molecule has 1 aliphatic rings. The van der Waals surface area contributed by atoms with Crippen molar-refractivity contribution in [2.24, 2.45) is 5.73 Å². The number of hydrogen-bond donors (Lipinski definition) is 2. The summed E-state index contributed by atoms with van der Waals surface area (Å²) in [7, 11) is 0. The second-order valence-electron chi connectivity index (χ2n) is 10.1. The third-order valence-corrected chi connectivity index (χ3v) is 7.08. The average Bonchev–Trinajstić information content (AvgIpc) is 3.26. The zero-order chi connectivity index (χ0) is 24.2. The Bertz CT molecular complexity index is 1530. The number of fused-ring (bicyclic) bond motifs is 1. The van der Waals surface area contributed by atoms with E-state index in [0.29, 0.717) is 12.8 Å². The molecule has 0 bridgehead atoms. The number of nitrogens with zero attached hydrogens (tertiary/aromatic N) is 3. The quantitative estimate of drug-likeness (QED) is 0.359. The summed E-state index contributed by atoms with van der Waals surface area (Å²) in [5, 5.41) is 15.1.